The van der Waals surface area contributed by atoms with Gasteiger partial charge in [0.15, 0.2) is 0 Å². The van der Waals surface area contributed by atoms with Crippen molar-refractivity contribution in [2.24, 2.45) is 11.8 Å². The Morgan fingerprint density at radius 2 is 2.13 bits per heavy atom. The first-order valence-corrected chi connectivity index (χ1v) is 9.03. The van der Waals surface area contributed by atoms with Crippen LogP contribution in [0.5, 0.6) is 0 Å². The van der Waals surface area contributed by atoms with E-state index in [0.717, 1.165) is 42.5 Å². The van der Waals surface area contributed by atoms with E-state index in [-0.39, 0.29) is 12.0 Å². The van der Waals surface area contributed by atoms with Crippen molar-refractivity contribution in [3.8, 4) is 0 Å². The Morgan fingerprint density at radius 3 is 2.87 bits per heavy atom. The van der Waals surface area contributed by atoms with E-state index < -0.39 is 0 Å². The van der Waals surface area contributed by atoms with Gasteiger partial charge in [-0.05, 0) is 62.1 Å². The van der Waals surface area contributed by atoms with Gasteiger partial charge in [0.1, 0.15) is 0 Å². The van der Waals surface area contributed by atoms with Gasteiger partial charge in [-0.3, -0.25) is 4.79 Å². The van der Waals surface area contributed by atoms with Crippen LogP contribution in [-0.4, -0.2) is 41.1 Å². The number of piperidine rings is 1. The maximum absolute atomic E-state index is 12.6. The van der Waals surface area contributed by atoms with Crippen LogP contribution in [0.4, 0.5) is 5.69 Å². The number of anilines is 1. The first-order chi connectivity index (χ1) is 11.2. The van der Waals surface area contributed by atoms with E-state index in [1.807, 2.05) is 18.2 Å². The lowest BCUT2D eigenvalue weighted by Gasteiger charge is -2.30. The Balaban J connectivity index is 1.44. The lowest BCUT2D eigenvalue weighted by atomic mass is 9.95. The van der Waals surface area contributed by atoms with Crippen LogP contribution in [0.2, 0.25) is 0 Å². The van der Waals surface area contributed by atoms with Crippen LogP contribution >= 0.6 is 0 Å². The second kappa shape index (κ2) is 6.16. The molecule has 2 bridgehead atoms. The predicted molar refractivity (Wildman–Crippen MR) is 90.4 cm³/mol. The molecule has 3 aliphatic rings. The van der Waals surface area contributed by atoms with Crippen LogP contribution in [0.3, 0.4) is 0 Å². The third-order valence-corrected chi connectivity index (χ3v) is 5.88. The standard InChI is InChI=1S/C19H26N2O2/c22-17-5-2-8-21(12-17)19(23)15-3-1-4-16(11-15)20-18-10-13-6-7-14(18)9-13/h1,3-4,11,13-14,17-18,20,22H,2,5-10,12H2. The molecule has 4 heteroatoms. The Hall–Kier alpha value is -1.55. The average molecular weight is 314 g/mol. The van der Waals surface area contributed by atoms with Crippen molar-refractivity contribution in [3.63, 3.8) is 0 Å². The third-order valence-electron chi connectivity index (χ3n) is 5.88. The smallest absolute Gasteiger partial charge is 0.254 e. The molecular formula is C19H26N2O2. The number of carbonyl (C=O) groups excluding carboxylic acids is 1. The van der Waals surface area contributed by atoms with Crippen LogP contribution in [0.15, 0.2) is 24.3 Å². The molecule has 1 aromatic carbocycles. The van der Waals surface area contributed by atoms with Crippen LogP contribution in [-0.2, 0) is 0 Å². The molecule has 4 atom stereocenters. The minimum atomic E-state index is -0.372. The molecule has 1 aliphatic heterocycles. The molecule has 0 spiro atoms. The highest BCUT2D eigenvalue weighted by Crippen LogP contribution is 2.45. The summed E-state index contributed by atoms with van der Waals surface area (Å²) >= 11 is 0. The van der Waals surface area contributed by atoms with E-state index in [4.69, 9.17) is 0 Å². The molecular weight excluding hydrogens is 288 g/mol. The summed E-state index contributed by atoms with van der Waals surface area (Å²) in [4.78, 5) is 14.4. The van der Waals surface area contributed by atoms with Gasteiger partial charge in [-0.1, -0.05) is 12.5 Å². The van der Waals surface area contributed by atoms with Gasteiger partial charge in [-0.15, -0.1) is 0 Å². The Kier molecular flexibility index (Phi) is 4.02. The summed E-state index contributed by atoms with van der Waals surface area (Å²) in [6.07, 6.45) is 6.73. The highest BCUT2D eigenvalue weighted by atomic mass is 16.3. The predicted octanol–water partition coefficient (Wildman–Crippen LogP) is 2.88. The summed E-state index contributed by atoms with van der Waals surface area (Å²) < 4.78 is 0. The van der Waals surface area contributed by atoms with Crippen LogP contribution in [0, 0.1) is 11.8 Å². The molecule has 2 saturated carbocycles. The van der Waals surface area contributed by atoms with Gasteiger partial charge in [0.2, 0.25) is 0 Å². The largest absolute Gasteiger partial charge is 0.391 e. The van der Waals surface area contributed by atoms with Gasteiger partial charge in [0.05, 0.1) is 6.10 Å². The zero-order valence-electron chi connectivity index (χ0n) is 13.6. The minimum Gasteiger partial charge on any atom is -0.391 e. The number of benzene rings is 1. The summed E-state index contributed by atoms with van der Waals surface area (Å²) in [5, 5.41) is 13.4. The number of hydrogen-bond donors (Lipinski definition) is 2. The number of hydrogen-bond acceptors (Lipinski definition) is 3. The highest BCUT2D eigenvalue weighted by Gasteiger charge is 2.39. The van der Waals surface area contributed by atoms with Gasteiger partial charge in [-0.2, -0.15) is 0 Å². The van der Waals surface area contributed by atoms with Crippen LogP contribution in [0.1, 0.15) is 48.9 Å². The van der Waals surface area contributed by atoms with Crippen molar-refractivity contribution in [1.82, 2.24) is 4.90 Å². The number of carbonyl (C=O) groups is 1. The van der Waals surface area contributed by atoms with E-state index in [0.29, 0.717) is 12.6 Å². The molecule has 4 rings (SSSR count). The second-order valence-corrected chi connectivity index (χ2v) is 7.55. The van der Waals surface area contributed by atoms with Gasteiger partial charge in [0, 0.05) is 30.4 Å². The first kappa shape index (κ1) is 15.0. The highest BCUT2D eigenvalue weighted by molar-refractivity contribution is 5.95. The molecule has 2 aliphatic carbocycles. The summed E-state index contributed by atoms with van der Waals surface area (Å²) in [7, 11) is 0. The fraction of sp³-hybridized carbons (Fsp3) is 0.632. The van der Waals surface area contributed by atoms with Crippen molar-refractivity contribution in [3.05, 3.63) is 29.8 Å². The number of β-amino-alcohol motifs (C(OH)–C–C–N with tert-alkyl or cyclic N) is 1. The molecule has 3 fully saturated rings. The summed E-state index contributed by atoms with van der Waals surface area (Å²) in [5.41, 5.74) is 1.79. The van der Waals surface area contributed by atoms with E-state index in [1.54, 1.807) is 4.90 Å². The van der Waals surface area contributed by atoms with E-state index >= 15 is 0 Å². The molecule has 2 N–H and O–H groups in total. The first-order valence-electron chi connectivity index (χ1n) is 9.03. The van der Waals surface area contributed by atoms with Gasteiger partial charge < -0.3 is 15.3 Å². The van der Waals surface area contributed by atoms with Crippen molar-refractivity contribution in [2.45, 2.75) is 50.7 Å². The Morgan fingerprint density at radius 1 is 1.22 bits per heavy atom. The zero-order valence-corrected chi connectivity index (χ0v) is 13.6. The minimum absolute atomic E-state index is 0.0420. The molecule has 0 aromatic heterocycles. The number of aliphatic hydroxyl groups excluding tert-OH is 1. The second-order valence-electron chi connectivity index (χ2n) is 7.55. The molecule has 23 heavy (non-hydrogen) atoms. The molecule has 1 amide bonds. The number of rotatable bonds is 3. The summed E-state index contributed by atoms with van der Waals surface area (Å²) in [5.74, 6) is 1.77. The number of aliphatic hydroxyl groups is 1. The maximum Gasteiger partial charge on any atom is 0.254 e. The zero-order chi connectivity index (χ0) is 15.8. The molecule has 1 saturated heterocycles. The van der Waals surface area contributed by atoms with Crippen molar-refractivity contribution in [2.75, 3.05) is 18.4 Å². The van der Waals surface area contributed by atoms with Gasteiger partial charge >= 0.3 is 0 Å². The number of nitrogens with zero attached hydrogens (tertiary/aromatic N) is 1. The van der Waals surface area contributed by atoms with Gasteiger partial charge in [0.25, 0.3) is 5.91 Å². The molecule has 1 heterocycles. The number of amides is 1. The average Bonchev–Trinajstić information content (AvgIpc) is 3.17. The maximum atomic E-state index is 12.6. The third kappa shape index (κ3) is 3.09. The van der Waals surface area contributed by atoms with Crippen molar-refractivity contribution < 1.29 is 9.90 Å². The molecule has 4 unspecified atom stereocenters. The van der Waals surface area contributed by atoms with Crippen LogP contribution in [0.25, 0.3) is 0 Å². The lowest BCUT2D eigenvalue weighted by Crippen LogP contribution is -2.42. The lowest BCUT2D eigenvalue weighted by molar-refractivity contribution is 0.0474. The quantitative estimate of drug-likeness (QED) is 0.902. The fourth-order valence-electron chi connectivity index (χ4n) is 4.70. The Bertz CT molecular complexity index is 588. The van der Waals surface area contributed by atoms with E-state index in [2.05, 4.69) is 11.4 Å². The summed E-state index contributed by atoms with van der Waals surface area (Å²) in [6, 6.07) is 8.47. The topological polar surface area (TPSA) is 52.6 Å². The normalized spacial score (nSPS) is 33.0. The molecule has 0 radical (unpaired) electrons. The van der Waals surface area contributed by atoms with Crippen molar-refractivity contribution >= 4 is 11.6 Å². The van der Waals surface area contributed by atoms with Crippen molar-refractivity contribution in [1.29, 1.82) is 0 Å². The van der Waals surface area contributed by atoms with E-state index in [1.165, 1.54) is 25.7 Å². The van der Waals surface area contributed by atoms with Crippen LogP contribution < -0.4 is 5.32 Å². The SMILES string of the molecule is O=C(c1cccc(NC2CC3CCC2C3)c1)N1CCCC(O)C1. The Labute approximate surface area is 137 Å². The number of nitrogens with one attached hydrogen (secondary N) is 1. The monoisotopic (exact) mass is 314 g/mol. The molecule has 1 aromatic rings. The van der Waals surface area contributed by atoms with Gasteiger partial charge in [-0.25, -0.2) is 0 Å². The van der Waals surface area contributed by atoms with E-state index in [9.17, 15) is 9.90 Å². The summed E-state index contributed by atoms with van der Waals surface area (Å²) in [6.45, 7) is 1.21. The molecule has 4 nitrogen and oxygen atoms in total. The number of likely N-dealkylation sites (tertiary alicyclic amines) is 1. The fourth-order valence-corrected chi connectivity index (χ4v) is 4.70. The molecule has 124 valence electrons. The number of fused-ring (bicyclic) bond motifs is 2.